The smallest absolute Gasteiger partial charge is 0.224 e. The van der Waals surface area contributed by atoms with Gasteiger partial charge in [-0.25, -0.2) is 13.4 Å². The number of hydrogen-bond donors (Lipinski definition) is 1. The van der Waals surface area contributed by atoms with Crippen LogP contribution in [0.2, 0.25) is 10.0 Å². The van der Waals surface area contributed by atoms with Gasteiger partial charge in [-0.05, 0) is 41.8 Å². The third kappa shape index (κ3) is 4.26. The summed E-state index contributed by atoms with van der Waals surface area (Å²) in [7, 11) is -4.04. The number of pyridine rings is 1. The zero-order chi connectivity index (χ0) is 23.0. The molecule has 0 radical (unpaired) electrons. The van der Waals surface area contributed by atoms with E-state index in [4.69, 9.17) is 23.2 Å². The maximum absolute atomic E-state index is 13.7. The van der Waals surface area contributed by atoms with Crippen molar-refractivity contribution in [3.63, 3.8) is 0 Å². The highest BCUT2D eigenvalue weighted by molar-refractivity contribution is 7.91. The fourth-order valence-corrected chi connectivity index (χ4v) is 6.09. The normalized spacial score (nSPS) is 12.1. The number of para-hydroxylation sites is 1. The minimum Gasteiger partial charge on any atom is -0.388 e. The highest BCUT2D eigenvalue weighted by atomic mass is 35.5. The first-order chi connectivity index (χ1) is 15.2. The number of aliphatic hydroxyl groups excluding tert-OH is 1. The highest BCUT2D eigenvalue weighted by Crippen LogP contribution is 2.33. The topological polar surface area (TPSA) is 85.1 Å². The fraction of sp³-hybridized carbons (Fsp3) is 0.217. The Morgan fingerprint density at radius 2 is 1.75 bits per heavy atom. The van der Waals surface area contributed by atoms with Gasteiger partial charge < -0.3 is 9.67 Å². The zero-order valence-electron chi connectivity index (χ0n) is 17.5. The molecule has 2 aromatic carbocycles. The monoisotopic (exact) mass is 489 g/mol. The molecule has 2 aromatic heterocycles. The second kappa shape index (κ2) is 8.83. The van der Waals surface area contributed by atoms with E-state index in [9.17, 15) is 13.5 Å². The number of fused-ring (bicyclic) bond motifs is 1. The molecule has 0 spiro atoms. The average molecular weight is 490 g/mol. The molecule has 0 saturated heterocycles. The molecule has 0 saturated carbocycles. The number of aromatic nitrogens is 3. The molecule has 32 heavy (non-hydrogen) atoms. The van der Waals surface area contributed by atoms with Crippen LogP contribution in [-0.4, -0.2) is 28.1 Å². The number of sulfone groups is 1. The van der Waals surface area contributed by atoms with Gasteiger partial charge in [0.25, 0.3) is 0 Å². The first-order valence-electron chi connectivity index (χ1n) is 9.95. The molecule has 2 heterocycles. The minimum absolute atomic E-state index is 0.0167. The molecule has 0 unspecified atom stereocenters. The number of imidazole rings is 1. The Bertz CT molecular complexity index is 1400. The van der Waals surface area contributed by atoms with Gasteiger partial charge in [-0.3, -0.25) is 4.98 Å². The van der Waals surface area contributed by atoms with E-state index in [1.54, 1.807) is 6.20 Å². The standard InChI is InChI=1S/C23H21Cl2N3O3S/c1-14(2)22-23(32(30,31)19-9-17(24)8-18(25)10-19)28(21(13-29)27-22)12-15-7-16-5-3-4-6-20(16)26-11-15/h3-11,14,29H,12-13H2,1-2H3. The van der Waals surface area contributed by atoms with Crippen LogP contribution < -0.4 is 0 Å². The summed E-state index contributed by atoms with van der Waals surface area (Å²) in [6, 6.07) is 13.8. The van der Waals surface area contributed by atoms with Crippen molar-refractivity contribution in [2.24, 2.45) is 0 Å². The predicted molar refractivity (Wildman–Crippen MR) is 125 cm³/mol. The summed E-state index contributed by atoms with van der Waals surface area (Å²) >= 11 is 12.2. The molecular formula is C23H21Cl2N3O3S. The molecule has 6 nitrogen and oxygen atoms in total. The van der Waals surface area contributed by atoms with Crippen molar-refractivity contribution in [2.75, 3.05) is 0 Å². The van der Waals surface area contributed by atoms with Crippen LogP contribution in [0.4, 0.5) is 0 Å². The molecule has 0 atom stereocenters. The molecule has 0 aliphatic heterocycles. The van der Waals surface area contributed by atoms with Gasteiger partial charge in [0, 0.05) is 21.6 Å². The summed E-state index contributed by atoms with van der Waals surface area (Å²) in [5, 5.41) is 11.4. The van der Waals surface area contributed by atoms with Gasteiger partial charge in [0.05, 0.1) is 22.7 Å². The molecule has 0 fully saturated rings. The van der Waals surface area contributed by atoms with Gasteiger partial charge in [0.1, 0.15) is 12.4 Å². The van der Waals surface area contributed by atoms with Gasteiger partial charge in [-0.15, -0.1) is 0 Å². The first-order valence-corrected chi connectivity index (χ1v) is 12.2. The summed E-state index contributed by atoms with van der Waals surface area (Å²) < 4.78 is 29.0. The van der Waals surface area contributed by atoms with Crippen LogP contribution in [-0.2, 0) is 23.0 Å². The zero-order valence-corrected chi connectivity index (χ0v) is 19.8. The van der Waals surface area contributed by atoms with E-state index in [1.165, 1.54) is 22.8 Å². The van der Waals surface area contributed by atoms with Crippen molar-refractivity contribution in [2.45, 2.75) is 42.8 Å². The lowest BCUT2D eigenvalue weighted by molar-refractivity contribution is 0.264. The van der Waals surface area contributed by atoms with Crippen LogP contribution in [0.5, 0.6) is 0 Å². The van der Waals surface area contributed by atoms with Crippen LogP contribution >= 0.6 is 23.2 Å². The van der Waals surface area contributed by atoms with Crippen LogP contribution in [0.3, 0.4) is 0 Å². The Morgan fingerprint density at radius 3 is 2.41 bits per heavy atom. The summed E-state index contributed by atoms with van der Waals surface area (Å²) in [5.41, 5.74) is 2.00. The van der Waals surface area contributed by atoms with Crippen LogP contribution in [0.15, 0.2) is 64.6 Å². The lowest BCUT2D eigenvalue weighted by atomic mass is 10.1. The molecule has 0 bridgehead atoms. The third-order valence-corrected chi connectivity index (χ3v) is 7.33. The van der Waals surface area contributed by atoms with E-state index in [-0.39, 0.29) is 38.3 Å². The van der Waals surface area contributed by atoms with Crippen molar-refractivity contribution in [1.82, 2.24) is 14.5 Å². The van der Waals surface area contributed by atoms with Gasteiger partial charge in [0.2, 0.25) is 9.84 Å². The van der Waals surface area contributed by atoms with Crippen LogP contribution in [0.1, 0.15) is 36.8 Å². The molecule has 9 heteroatoms. The van der Waals surface area contributed by atoms with E-state index in [0.29, 0.717) is 5.69 Å². The van der Waals surface area contributed by atoms with Gasteiger partial charge >= 0.3 is 0 Å². The van der Waals surface area contributed by atoms with E-state index in [1.807, 2.05) is 44.2 Å². The Balaban J connectivity index is 1.92. The maximum atomic E-state index is 13.7. The molecular weight excluding hydrogens is 469 g/mol. The molecule has 0 aliphatic carbocycles. The predicted octanol–water partition coefficient (Wildman–Crippen LogP) is 5.23. The minimum atomic E-state index is -4.04. The van der Waals surface area contributed by atoms with Crippen molar-refractivity contribution in [1.29, 1.82) is 0 Å². The second-order valence-electron chi connectivity index (χ2n) is 7.76. The molecule has 1 N–H and O–H groups in total. The second-order valence-corrected chi connectivity index (χ2v) is 10.5. The lowest BCUT2D eigenvalue weighted by Crippen LogP contribution is -2.15. The quantitative estimate of drug-likeness (QED) is 0.400. The Hall–Kier alpha value is -2.45. The largest absolute Gasteiger partial charge is 0.388 e. The third-order valence-electron chi connectivity index (χ3n) is 5.10. The summed E-state index contributed by atoms with van der Waals surface area (Å²) in [4.78, 5) is 8.91. The van der Waals surface area contributed by atoms with E-state index < -0.39 is 16.4 Å². The summed E-state index contributed by atoms with van der Waals surface area (Å²) in [5.74, 6) is 0.0595. The van der Waals surface area contributed by atoms with E-state index in [2.05, 4.69) is 9.97 Å². The van der Waals surface area contributed by atoms with Crippen molar-refractivity contribution >= 4 is 43.9 Å². The number of aliphatic hydroxyl groups is 1. The molecule has 0 aliphatic rings. The van der Waals surface area contributed by atoms with Crippen LogP contribution in [0.25, 0.3) is 10.9 Å². The molecule has 4 rings (SSSR count). The van der Waals surface area contributed by atoms with E-state index >= 15 is 0 Å². The van der Waals surface area contributed by atoms with Crippen molar-refractivity contribution in [3.8, 4) is 0 Å². The average Bonchev–Trinajstić information content (AvgIpc) is 3.12. The summed E-state index contributed by atoms with van der Waals surface area (Å²) in [6.07, 6.45) is 1.70. The number of benzene rings is 2. The summed E-state index contributed by atoms with van der Waals surface area (Å²) in [6.45, 7) is 3.48. The van der Waals surface area contributed by atoms with Crippen molar-refractivity contribution < 1.29 is 13.5 Å². The Kier molecular flexibility index (Phi) is 6.27. The van der Waals surface area contributed by atoms with Crippen molar-refractivity contribution in [3.05, 3.63) is 81.9 Å². The SMILES string of the molecule is CC(C)c1nc(CO)n(Cc2cnc3ccccc3c2)c1S(=O)(=O)c1cc(Cl)cc(Cl)c1. The molecule has 166 valence electrons. The van der Waals surface area contributed by atoms with Crippen LogP contribution in [0, 0.1) is 0 Å². The lowest BCUT2D eigenvalue weighted by Gasteiger charge is -2.14. The fourth-order valence-electron chi connectivity index (χ4n) is 3.63. The highest BCUT2D eigenvalue weighted by Gasteiger charge is 2.31. The number of halogens is 2. The van der Waals surface area contributed by atoms with Gasteiger partial charge in [-0.1, -0.05) is 55.2 Å². The van der Waals surface area contributed by atoms with E-state index in [0.717, 1.165) is 16.5 Å². The van der Waals surface area contributed by atoms with Gasteiger partial charge in [-0.2, -0.15) is 0 Å². The molecule has 4 aromatic rings. The maximum Gasteiger partial charge on any atom is 0.224 e. The Morgan fingerprint density at radius 1 is 1.06 bits per heavy atom. The first kappa shape index (κ1) is 22.7. The molecule has 0 amide bonds. The number of hydrogen-bond acceptors (Lipinski definition) is 5. The van der Waals surface area contributed by atoms with Gasteiger partial charge in [0.15, 0.2) is 5.03 Å². The Labute approximate surface area is 196 Å². The number of nitrogens with zero attached hydrogens (tertiary/aromatic N) is 3. The number of rotatable bonds is 6.